The molecular weight excluding hydrogens is 232 g/mol. The first kappa shape index (κ1) is 14.3. The summed E-state index contributed by atoms with van der Waals surface area (Å²) in [5.41, 5.74) is 8.24. The third-order valence-corrected chi connectivity index (χ3v) is 3.49. The van der Waals surface area contributed by atoms with Crippen molar-refractivity contribution in [2.45, 2.75) is 45.7 Å². The fraction of sp³-hybridized carbons (Fsp3) is 0.571. The number of nitrogens with zero attached hydrogens (tertiary/aromatic N) is 1. The molecule has 0 radical (unpaired) electrons. The van der Waals surface area contributed by atoms with Gasteiger partial charge in [0, 0.05) is 19.1 Å². The van der Waals surface area contributed by atoms with E-state index < -0.39 is 0 Å². The Labute approximate surface area is 110 Å². The van der Waals surface area contributed by atoms with Crippen LogP contribution in [-0.2, 0) is 6.42 Å². The monoisotopic (exact) mass is 254 g/mol. The third-order valence-electron chi connectivity index (χ3n) is 3.19. The van der Waals surface area contributed by atoms with Gasteiger partial charge >= 0.3 is 0 Å². The van der Waals surface area contributed by atoms with E-state index in [1.54, 1.807) is 0 Å². The zero-order valence-corrected chi connectivity index (χ0v) is 12.0. The molecule has 96 valence electrons. The molecule has 2 nitrogen and oxygen atoms in total. The lowest BCUT2D eigenvalue weighted by Gasteiger charge is -2.25. The highest BCUT2D eigenvalue weighted by molar-refractivity contribution is 6.33. The number of halogens is 1. The summed E-state index contributed by atoms with van der Waals surface area (Å²) in [5, 5.41) is 0.807. The minimum atomic E-state index is 0.222. The van der Waals surface area contributed by atoms with Crippen molar-refractivity contribution in [2.75, 3.05) is 11.9 Å². The van der Waals surface area contributed by atoms with Gasteiger partial charge in [-0.25, -0.2) is 0 Å². The maximum absolute atomic E-state index is 6.31. The predicted molar refractivity (Wildman–Crippen MR) is 77.0 cm³/mol. The average Bonchev–Trinajstić information content (AvgIpc) is 2.28. The molecule has 1 aromatic rings. The van der Waals surface area contributed by atoms with Gasteiger partial charge in [-0.05, 0) is 44.4 Å². The Hall–Kier alpha value is -0.730. The van der Waals surface area contributed by atoms with Crippen molar-refractivity contribution in [1.82, 2.24) is 0 Å². The molecule has 3 heteroatoms. The second kappa shape index (κ2) is 6.27. The maximum atomic E-state index is 6.31. The molecule has 17 heavy (non-hydrogen) atoms. The van der Waals surface area contributed by atoms with Gasteiger partial charge in [0.2, 0.25) is 0 Å². The van der Waals surface area contributed by atoms with Crippen molar-refractivity contribution in [2.24, 2.45) is 5.73 Å². The van der Waals surface area contributed by atoms with E-state index in [1.807, 2.05) is 6.07 Å². The van der Waals surface area contributed by atoms with Crippen molar-refractivity contribution in [3.05, 3.63) is 28.8 Å². The number of rotatable bonds is 5. The third kappa shape index (κ3) is 3.90. The van der Waals surface area contributed by atoms with Crippen LogP contribution in [0.25, 0.3) is 0 Å². The van der Waals surface area contributed by atoms with Gasteiger partial charge in [-0.1, -0.05) is 24.6 Å². The zero-order valence-electron chi connectivity index (χ0n) is 11.2. The van der Waals surface area contributed by atoms with Crippen LogP contribution in [0.1, 0.15) is 32.8 Å². The molecule has 0 spiro atoms. The Morgan fingerprint density at radius 1 is 1.35 bits per heavy atom. The van der Waals surface area contributed by atoms with Gasteiger partial charge in [-0.2, -0.15) is 0 Å². The highest BCUT2D eigenvalue weighted by Gasteiger charge is 2.10. The second-order valence-corrected chi connectivity index (χ2v) is 5.27. The lowest BCUT2D eigenvalue weighted by Crippen LogP contribution is -2.26. The van der Waals surface area contributed by atoms with Gasteiger partial charge in [-0.15, -0.1) is 0 Å². The zero-order chi connectivity index (χ0) is 13.0. The van der Waals surface area contributed by atoms with Gasteiger partial charge in [0.1, 0.15) is 0 Å². The minimum absolute atomic E-state index is 0.222. The molecule has 0 aliphatic carbocycles. The SMILES string of the molecule is CCC(N)Cc1ccc(N(C)C(C)C)c(Cl)c1. The fourth-order valence-corrected chi connectivity index (χ4v) is 2.03. The molecule has 1 rings (SSSR count). The standard InChI is InChI=1S/C14H23ClN2/c1-5-12(16)8-11-6-7-14(13(15)9-11)17(4)10(2)3/h6-7,9-10,12H,5,8,16H2,1-4H3. The fourth-order valence-electron chi connectivity index (χ4n) is 1.69. The van der Waals surface area contributed by atoms with Crippen molar-refractivity contribution in [1.29, 1.82) is 0 Å². The molecule has 1 aromatic carbocycles. The number of benzene rings is 1. The number of hydrogen-bond donors (Lipinski definition) is 1. The van der Waals surface area contributed by atoms with Crippen LogP contribution >= 0.6 is 11.6 Å². The van der Waals surface area contributed by atoms with Crippen molar-refractivity contribution < 1.29 is 0 Å². The Kier molecular flexibility index (Phi) is 5.29. The highest BCUT2D eigenvalue weighted by Crippen LogP contribution is 2.27. The van der Waals surface area contributed by atoms with Crippen LogP contribution < -0.4 is 10.6 Å². The van der Waals surface area contributed by atoms with Gasteiger partial charge in [0.05, 0.1) is 10.7 Å². The van der Waals surface area contributed by atoms with Gasteiger partial charge < -0.3 is 10.6 Å². The van der Waals surface area contributed by atoms with Crippen molar-refractivity contribution >= 4 is 17.3 Å². The summed E-state index contributed by atoms with van der Waals surface area (Å²) in [4.78, 5) is 2.17. The number of nitrogens with two attached hydrogens (primary N) is 1. The van der Waals surface area contributed by atoms with Crippen LogP contribution in [0, 0.1) is 0 Å². The van der Waals surface area contributed by atoms with Crippen LogP contribution in [0.4, 0.5) is 5.69 Å². The summed E-state index contributed by atoms with van der Waals surface area (Å²) in [6, 6.07) is 6.90. The maximum Gasteiger partial charge on any atom is 0.0642 e. The predicted octanol–water partition coefficient (Wildman–Crippen LogP) is 3.46. The Morgan fingerprint density at radius 3 is 2.47 bits per heavy atom. The summed E-state index contributed by atoms with van der Waals surface area (Å²) in [5.74, 6) is 0. The number of hydrogen-bond acceptors (Lipinski definition) is 2. The number of anilines is 1. The molecule has 1 atom stereocenters. The van der Waals surface area contributed by atoms with Crippen LogP contribution in [0.3, 0.4) is 0 Å². The summed E-state index contributed by atoms with van der Waals surface area (Å²) in [7, 11) is 2.06. The molecule has 1 unspecified atom stereocenters. The van der Waals surface area contributed by atoms with E-state index in [1.165, 1.54) is 5.56 Å². The summed E-state index contributed by atoms with van der Waals surface area (Å²) < 4.78 is 0. The minimum Gasteiger partial charge on any atom is -0.371 e. The molecule has 0 heterocycles. The summed E-state index contributed by atoms with van der Waals surface area (Å²) in [6.45, 7) is 6.40. The molecule has 0 aliphatic heterocycles. The van der Waals surface area contributed by atoms with Crippen molar-refractivity contribution in [3.8, 4) is 0 Å². The van der Waals surface area contributed by atoms with E-state index in [4.69, 9.17) is 17.3 Å². The van der Waals surface area contributed by atoms with E-state index in [9.17, 15) is 0 Å². The topological polar surface area (TPSA) is 29.3 Å². The van der Waals surface area contributed by atoms with Crippen molar-refractivity contribution in [3.63, 3.8) is 0 Å². The van der Waals surface area contributed by atoms with E-state index >= 15 is 0 Å². The van der Waals surface area contributed by atoms with Crippen LogP contribution in [-0.4, -0.2) is 19.1 Å². The van der Waals surface area contributed by atoms with Crippen LogP contribution in [0.2, 0.25) is 5.02 Å². The van der Waals surface area contributed by atoms with Crippen LogP contribution in [0.5, 0.6) is 0 Å². The average molecular weight is 255 g/mol. The molecule has 0 fully saturated rings. The molecule has 0 bridgehead atoms. The quantitative estimate of drug-likeness (QED) is 0.872. The summed E-state index contributed by atoms with van der Waals surface area (Å²) >= 11 is 6.31. The smallest absolute Gasteiger partial charge is 0.0642 e. The largest absolute Gasteiger partial charge is 0.371 e. The Morgan fingerprint density at radius 2 is 2.00 bits per heavy atom. The van der Waals surface area contributed by atoms with Gasteiger partial charge in [-0.3, -0.25) is 0 Å². The first-order valence-corrected chi connectivity index (χ1v) is 6.60. The summed E-state index contributed by atoms with van der Waals surface area (Å²) in [6.07, 6.45) is 1.88. The lowest BCUT2D eigenvalue weighted by molar-refractivity contribution is 0.646. The first-order valence-electron chi connectivity index (χ1n) is 6.22. The normalized spacial score (nSPS) is 12.9. The molecule has 0 aromatic heterocycles. The molecular formula is C14H23ClN2. The molecule has 0 saturated carbocycles. The van der Waals surface area contributed by atoms with E-state index in [0.29, 0.717) is 6.04 Å². The van der Waals surface area contributed by atoms with Gasteiger partial charge in [0.15, 0.2) is 0 Å². The van der Waals surface area contributed by atoms with E-state index in [0.717, 1.165) is 23.6 Å². The van der Waals surface area contributed by atoms with Gasteiger partial charge in [0.25, 0.3) is 0 Å². The lowest BCUT2D eigenvalue weighted by atomic mass is 10.0. The highest BCUT2D eigenvalue weighted by atomic mass is 35.5. The molecule has 0 aliphatic rings. The molecule has 0 saturated heterocycles. The molecule has 0 amide bonds. The second-order valence-electron chi connectivity index (χ2n) is 4.86. The van der Waals surface area contributed by atoms with Crippen LogP contribution in [0.15, 0.2) is 18.2 Å². The molecule has 2 N–H and O–H groups in total. The van der Waals surface area contributed by atoms with E-state index in [2.05, 4.69) is 44.9 Å². The Bertz CT molecular complexity index is 363. The van der Waals surface area contributed by atoms with E-state index in [-0.39, 0.29) is 6.04 Å². The Balaban J connectivity index is 2.86. The first-order chi connectivity index (χ1) is 7.95.